The lowest BCUT2D eigenvalue weighted by molar-refractivity contribution is 2.32. The first-order valence-corrected chi connectivity index (χ1v) is 1.55. The van der Waals surface area contributed by atoms with Gasteiger partial charge in [-0.05, 0) is 6.58 Å². The summed E-state index contributed by atoms with van der Waals surface area (Å²) in [6.07, 6.45) is 0. The third-order valence-corrected chi connectivity index (χ3v) is 0.266. The molecule has 0 radical (unpaired) electrons. The molecule has 0 aromatic rings. The second-order valence-corrected chi connectivity index (χ2v) is 0.648. The highest BCUT2D eigenvalue weighted by Gasteiger charge is 1.32. The molecule has 0 unspecified atom stereocenters. The van der Waals surface area contributed by atoms with Crippen LogP contribution in [0, 0.1) is 0 Å². The standard InChI is InChI=1S/C4H3Cl.2ClH/c1-2-3-4-5;;/h4H,1H2;2*1H. The van der Waals surface area contributed by atoms with Gasteiger partial charge in [-0.3, -0.25) is 0 Å². The summed E-state index contributed by atoms with van der Waals surface area (Å²) in [6.45, 7) is 3.20. The predicted molar refractivity (Wildman–Crippen MR) is 37.6 cm³/mol. The van der Waals surface area contributed by atoms with Gasteiger partial charge in [-0.2, -0.15) is 0 Å². The van der Waals surface area contributed by atoms with Crippen LogP contribution in [0.4, 0.5) is 0 Å². The Morgan fingerprint density at radius 3 is 1.86 bits per heavy atom. The van der Waals surface area contributed by atoms with Crippen LogP contribution < -0.4 is 0 Å². The van der Waals surface area contributed by atoms with E-state index in [1.807, 2.05) is 0 Å². The van der Waals surface area contributed by atoms with Crippen molar-refractivity contribution in [2.24, 2.45) is 0 Å². The van der Waals surface area contributed by atoms with Crippen molar-refractivity contribution < 1.29 is 0 Å². The van der Waals surface area contributed by atoms with E-state index in [0.717, 1.165) is 0 Å². The molecule has 0 saturated carbocycles. The van der Waals surface area contributed by atoms with E-state index in [4.69, 9.17) is 11.6 Å². The number of hydrogen-bond donors (Lipinski definition) is 0. The first kappa shape index (κ1) is 15.7. The van der Waals surface area contributed by atoms with Crippen molar-refractivity contribution in [3.63, 3.8) is 0 Å². The first-order valence-electron chi connectivity index (χ1n) is 1.11. The van der Waals surface area contributed by atoms with Gasteiger partial charge in [0, 0.05) is 0 Å². The minimum Gasteiger partial charge on any atom is -0.147 e. The van der Waals surface area contributed by atoms with Gasteiger partial charge in [-0.1, -0.05) is 23.1 Å². The van der Waals surface area contributed by atoms with Crippen LogP contribution in [0.15, 0.2) is 23.6 Å². The highest BCUT2D eigenvalue weighted by molar-refractivity contribution is 6.25. The van der Waals surface area contributed by atoms with Gasteiger partial charge in [0.1, 0.15) is 0 Å². The summed E-state index contributed by atoms with van der Waals surface area (Å²) < 4.78 is 0. The van der Waals surface area contributed by atoms with Crippen LogP contribution in [-0.4, -0.2) is 0 Å². The molecule has 0 aromatic heterocycles. The van der Waals surface area contributed by atoms with Crippen LogP contribution in [0.2, 0.25) is 0 Å². The normalized spacial score (nSPS) is 3.00. The van der Waals surface area contributed by atoms with Crippen LogP contribution in [0.25, 0.3) is 0 Å². The molecule has 0 atom stereocenters. The van der Waals surface area contributed by atoms with E-state index in [-0.39, 0.29) is 24.8 Å². The molecule has 0 spiro atoms. The Morgan fingerprint density at radius 2 is 1.86 bits per heavy atom. The maximum atomic E-state index is 4.96. The van der Waals surface area contributed by atoms with Crippen molar-refractivity contribution in [3.8, 4) is 0 Å². The Balaban J connectivity index is -0.0000000800. The summed E-state index contributed by atoms with van der Waals surface area (Å²) in [5.74, 6) is 0. The largest absolute Gasteiger partial charge is 0.147 e. The Morgan fingerprint density at radius 1 is 1.43 bits per heavy atom. The van der Waals surface area contributed by atoms with Crippen LogP contribution in [0.5, 0.6) is 0 Å². The molecule has 0 bridgehead atoms. The third-order valence-electron chi connectivity index (χ3n) is 0.157. The van der Waals surface area contributed by atoms with Crippen molar-refractivity contribution in [2.75, 3.05) is 0 Å². The quantitative estimate of drug-likeness (QED) is 0.477. The van der Waals surface area contributed by atoms with E-state index in [2.05, 4.69) is 18.0 Å². The molecular weight excluding hydrogens is 154 g/mol. The van der Waals surface area contributed by atoms with Crippen molar-refractivity contribution in [3.05, 3.63) is 23.6 Å². The lowest BCUT2D eigenvalue weighted by Crippen LogP contribution is -1.11. The fraction of sp³-hybridized carbons (Fsp3) is 0. The lowest BCUT2D eigenvalue weighted by atomic mass is 10.9. The van der Waals surface area contributed by atoms with Crippen LogP contribution in [0.1, 0.15) is 0 Å². The first-order chi connectivity index (χ1) is 2.41. The summed E-state index contributed by atoms with van der Waals surface area (Å²) in [6, 6.07) is 0. The Labute approximate surface area is 60.4 Å². The second-order valence-electron chi connectivity index (χ2n) is 0.430. The summed E-state index contributed by atoms with van der Waals surface area (Å²) in [5, 5.41) is 0. The molecule has 0 aliphatic rings. The molecule has 0 fully saturated rings. The molecule has 3 heteroatoms. The highest BCUT2D eigenvalue weighted by atomic mass is 35.5. The summed E-state index contributed by atoms with van der Waals surface area (Å²) >= 11 is 4.96. The van der Waals surface area contributed by atoms with Gasteiger partial charge in [-0.15, -0.1) is 24.8 Å². The Hall–Kier alpha value is 0.170. The van der Waals surface area contributed by atoms with Crippen LogP contribution >= 0.6 is 36.4 Å². The molecule has 0 saturated heterocycles. The van der Waals surface area contributed by atoms with Gasteiger partial charge >= 0.3 is 0 Å². The maximum Gasteiger partial charge on any atom is 0.0546 e. The van der Waals surface area contributed by atoms with E-state index >= 15 is 0 Å². The predicted octanol–water partition coefficient (Wildman–Crippen LogP) is 2.52. The van der Waals surface area contributed by atoms with Gasteiger partial charge in [0.15, 0.2) is 0 Å². The lowest BCUT2D eigenvalue weighted by Gasteiger charge is -1.37. The van der Waals surface area contributed by atoms with E-state index < -0.39 is 0 Å². The van der Waals surface area contributed by atoms with Crippen LogP contribution in [-0.2, 0) is 0 Å². The molecule has 0 heterocycles. The topological polar surface area (TPSA) is 0 Å². The molecule has 0 N–H and O–H groups in total. The molecule has 0 rings (SSSR count). The molecule has 0 aliphatic heterocycles. The van der Waals surface area contributed by atoms with E-state index in [1.54, 1.807) is 0 Å². The summed E-state index contributed by atoms with van der Waals surface area (Å²) in [5.41, 5.74) is 5.95. The van der Waals surface area contributed by atoms with Gasteiger partial charge < -0.3 is 0 Å². The van der Waals surface area contributed by atoms with Crippen LogP contribution in [0.3, 0.4) is 0 Å². The molecule has 0 aromatic carbocycles. The number of hydrogen-bond acceptors (Lipinski definition) is 0. The van der Waals surface area contributed by atoms with E-state index in [0.29, 0.717) is 0 Å². The van der Waals surface area contributed by atoms with Crippen molar-refractivity contribution in [1.29, 1.82) is 0 Å². The van der Waals surface area contributed by atoms with E-state index in [1.165, 1.54) is 5.54 Å². The zero-order valence-corrected chi connectivity index (χ0v) is 5.87. The zero-order valence-electron chi connectivity index (χ0n) is 3.48. The minimum atomic E-state index is 0. The molecule has 42 valence electrons. The van der Waals surface area contributed by atoms with Gasteiger partial charge in [0.05, 0.1) is 5.54 Å². The fourth-order valence-corrected chi connectivity index (χ4v) is 0.116. The fourth-order valence-electron chi connectivity index (χ4n) is 0.0386. The van der Waals surface area contributed by atoms with Crippen molar-refractivity contribution in [1.82, 2.24) is 0 Å². The van der Waals surface area contributed by atoms with Crippen molar-refractivity contribution >= 4 is 36.4 Å². The number of halogens is 3. The monoisotopic (exact) mass is 158 g/mol. The molecular formula is C4H5Cl3. The highest BCUT2D eigenvalue weighted by Crippen LogP contribution is 1.66. The number of rotatable bonds is 0. The smallest absolute Gasteiger partial charge is 0.0546 e. The maximum absolute atomic E-state index is 4.96. The molecule has 7 heavy (non-hydrogen) atoms. The van der Waals surface area contributed by atoms with Gasteiger partial charge in [0.25, 0.3) is 0 Å². The summed E-state index contributed by atoms with van der Waals surface area (Å²) in [7, 11) is 0. The average molecular weight is 159 g/mol. The summed E-state index contributed by atoms with van der Waals surface area (Å²) in [4.78, 5) is 0. The second kappa shape index (κ2) is 16.4. The van der Waals surface area contributed by atoms with E-state index in [9.17, 15) is 0 Å². The Kier molecular flexibility index (Phi) is 36.8. The zero-order chi connectivity index (χ0) is 4.12. The van der Waals surface area contributed by atoms with Crippen molar-refractivity contribution in [2.45, 2.75) is 0 Å². The molecule has 0 aliphatic carbocycles. The van der Waals surface area contributed by atoms with Gasteiger partial charge in [-0.25, -0.2) is 0 Å². The average Bonchev–Trinajstić information content (AvgIpc) is 1.41. The minimum absolute atomic E-state index is 0. The third kappa shape index (κ3) is 22.8. The molecule has 0 amide bonds. The SMILES string of the molecule is C=C=C=CCl.Cl.Cl. The molecule has 0 nitrogen and oxygen atoms in total. The van der Waals surface area contributed by atoms with Gasteiger partial charge in [0.2, 0.25) is 0 Å². The Bertz CT molecular complexity index is 85.1.